The number of aromatic nitrogens is 3. The van der Waals surface area contributed by atoms with Gasteiger partial charge in [-0.25, -0.2) is 5.84 Å². The smallest absolute Gasteiger partial charge is 0.324 e. The fraction of sp³-hybridized carbons (Fsp3) is 0.571. The first-order valence-electron chi connectivity index (χ1n) is 4.09. The predicted molar refractivity (Wildman–Crippen MR) is 50.0 cm³/mol. The molecule has 1 aromatic heterocycles. The molecule has 0 saturated carbocycles. The molecule has 0 aliphatic rings. The minimum atomic E-state index is -0.0206. The van der Waals surface area contributed by atoms with Gasteiger partial charge in [-0.05, 0) is 13.8 Å². The monoisotopic (exact) mass is 199 g/mol. The lowest BCUT2D eigenvalue weighted by Gasteiger charge is -2.08. The van der Waals surface area contributed by atoms with E-state index in [1.165, 1.54) is 7.11 Å². The second-order valence-electron chi connectivity index (χ2n) is 2.74. The zero-order chi connectivity index (χ0) is 10.6. The number of hydrogen-bond donors (Lipinski definition) is 2. The highest BCUT2D eigenvalue weighted by molar-refractivity contribution is 5.25. The summed E-state index contributed by atoms with van der Waals surface area (Å²) in [7, 11) is 1.45. The number of hydrogen-bond acceptors (Lipinski definition) is 7. The lowest BCUT2D eigenvalue weighted by molar-refractivity contribution is 0.217. The Morgan fingerprint density at radius 3 is 2.36 bits per heavy atom. The molecule has 7 heteroatoms. The maximum Gasteiger partial charge on any atom is 0.324 e. The van der Waals surface area contributed by atoms with E-state index in [1.54, 1.807) is 0 Å². The molecule has 78 valence electrons. The van der Waals surface area contributed by atoms with E-state index >= 15 is 0 Å². The van der Waals surface area contributed by atoms with Crippen molar-refractivity contribution < 1.29 is 9.47 Å². The summed E-state index contributed by atoms with van der Waals surface area (Å²) in [6.07, 6.45) is -0.0206. The quantitative estimate of drug-likeness (QED) is 0.518. The van der Waals surface area contributed by atoms with E-state index in [9.17, 15) is 0 Å². The Kier molecular flexibility index (Phi) is 3.41. The summed E-state index contributed by atoms with van der Waals surface area (Å²) < 4.78 is 10.1. The number of hydrazine groups is 1. The number of nitrogens with two attached hydrogens (primary N) is 1. The average molecular weight is 199 g/mol. The van der Waals surface area contributed by atoms with Crippen LogP contribution in [-0.2, 0) is 0 Å². The Bertz CT molecular complexity index is 282. The summed E-state index contributed by atoms with van der Waals surface area (Å²) in [5.74, 6) is 5.36. The zero-order valence-electron chi connectivity index (χ0n) is 8.31. The van der Waals surface area contributed by atoms with Crippen molar-refractivity contribution >= 4 is 5.95 Å². The molecule has 0 bridgehead atoms. The maximum atomic E-state index is 5.26. The third-order valence-electron chi connectivity index (χ3n) is 1.25. The topological polar surface area (TPSA) is 95.2 Å². The summed E-state index contributed by atoms with van der Waals surface area (Å²) in [5, 5.41) is 0. The summed E-state index contributed by atoms with van der Waals surface area (Å²) in [6, 6.07) is 0.336. The lowest BCUT2D eigenvalue weighted by Crippen LogP contribution is -2.15. The number of methoxy groups -OCH3 is 1. The Morgan fingerprint density at radius 2 is 1.86 bits per heavy atom. The molecule has 0 radical (unpaired) electrons. The second-order valence-corrected chi connectivity index (χ2v) is 2.74. The molecule has 0 saturated heterocycles. The minimum Gasteiger partial charge on any atom is -0.467 e. The van der Waals surface area contributed by atoms with Gasteiger partial charge in [0.05, 0.1) is 13.2 Å². The van der Waals surface area contributed by atoms with Gasteiger partial charge < -0.3 is 9.47 Å². The molecule has 1 aromatic rings. The van der Waals surface area contributed by atoms with Crippen LogP contribution in [0.25, 0.3) is 0 Å². The van der Waals surface area contributed by atoms with Gasteiger partial charge in [0.2, 0.25) is 5.95 Å². The number of rotatable bonds is 4. The van der Waals surface area contributed by atoms with Gasteiger partial charge in [0, 0.05) is 0 Å². The van der Waals surface area contributed by atoms with Crippen LogP contribution in [0, 0.1) is 0 Å². The SMILES string of the molecule is COc1nc(NN)nc(OC(C)C)n1. The Labute approximate surface area is 81.6 Å². The molecule has 14 heavy (non-hydrogen) atoms. The van der Waals surface area contributed by atoms with Gasteiger partial charge >= 0.3 is 12.0 Å². The van der Waals surface area contributed by atoms with Crippen LogP contribution in [0.15, 0.2) is 0 Å². The molecule has 0 unspecified atom stereocenters. The first kappa shape index (κ1) is 10.5. The number of nitrogens with one attached hydrogen (secondary N) is 1. The highest BCUT2D eigenvalue weighted by atomic mass is 16.5. The summed E-state index contributed by atoms with van der Waals surface area (Å²) >= 11 is 0. The molecule has 0 atom stereocenters. The van der Waals surface area contributed by atoms with Crippen LogP contribution in [0.5, 0.6) is 12.0 Å². The van der Waals surface area contributed by atoms with Crippen LogP contribution in [-0.4, -0.2) is 28.2 Å². The van der Waals surface area contributed by atoms with Gasteiger partial charge in [-0.3, -0.25) is 5.43 Å². The number of ether oxygens (including phenoxy) is 2. The van der Waals surface area contributed by atoms with E-state index in [2.05, 4.69) is 20.4 Å². The molecule has 1 heterocycles. The third-order valence-corrected chi connectivity index (χ3v) is 1.25. The van der Waals surface area contributed by atoms with Crippen LogP contribution in [0.2, 0.25) is 0 Å². The van der Waals surface area contributed by atoms with E-state index < -0.39 is 0 Å². The van der Waals surface area contributed by atoms with Crippen molar-refractivity contribution in [2.24, 2.45) is 5.84 Å². The van der Waals surface area contributed by atoms with Gasteiger partial charge in [-0.2, -0.15) is 9.97 Å². The van der Waals surface area contributed by atoms with Crippen molar-refractivity contribution in [3.63, 3.8) is 0 Å². The molecule has 0 amide bonds. The van der Waals surface area contributed by atoms with E-state index in [0.29, 0.717) is 0 Å². The van der Waals surface area contributed by atoms with Crippen molar-refractivity contribution in [2.45, 2.75) is 20.0 Å². The molecule has 1 rings (SSSR count). The van der Waals surface area contributed by atoms with Gasteiger partial charge in [-0.15, -0.1) is 4.98 Å². The average Bonchev–Trinajstić information content (AvgIpc) is 2.16. The van der Waals surface area contributed by atoms with Gasteiger partial charge in [-0.1, -0.05) is 0 Å². The second kappa shape index (κ2) is 4.56. The van der Waals surface area contributed by atoms with Gasteiger partial charge in [0.25, 0.3) is 0 Å². The Morgan fingerprint density at radius 1 is 1.21 bits per heavy atom. The molecule has 0 fully saturated rings. The van der Waals surface area contributed by atoms with Gasteiger partial charge in [0.1, 0.15) is 0 Å². The molecule has 7 nitrogen and oxygen atoms in total. The van der Waals surface area contributed by atoms with E-state index in [0.717, 1.165) is 0 Å². The minimum absolute atomic E-state index is 0.0206. The van der Waals surface area contributed by atoms with Crippen LogP contribution in [0.4, 0.5) is 5.95 Å². The molecule has 0 spiro atoms. The lowest BCUT2D eigenvalue weighted by atomic mass is 10.5. The fourth-order valence-electron chi connectivity index (χ4n) is 0.757. The van der Waals surface area contributed by atoms with Crippen LogP contribution in [0.1, 0.15) is 13.8 Å². The largest absolute Gasteiger partial charge is 0.467 e. The molecule has 0 aliphatic carbocycles. The zero-order valence-corrected chi connectivity index (χ0v) is 8.31. The first-order chi connectivity index (χ1) is 6.65. The summed E-state index contributed by atoms with van der Waals surface area (Å²) in [6.45, 7) is 3.73. The normalized spacial score (nSPS) is 10.1. The van der Waals surface area contributed by atoms with Crippen molar-refractivity contribution in [3.8, 4) is 12.0 Å². The van der Waals surface area contributed by atoms with E-state index in [1.807, 2.05) is 13.8 Å². The van der Waals surface area contributed by atoms with Crippen LogP contribution >= 0.6 is 0 Å². The number of nitrogen functional groups attached to an aromatic ring is 1. The Hall–Kier alpha value is -1.63. The number of nitrogens with zero attached hydrogens (tertiary/aromatic N) is 3. The predicted octanol–water partition coefficient (Wildman–Crippen LogP) is -0.0470. The summed E-state index contributed by atoms with van der Waals surface area (Å²) in [5.41, 5.74) is 2.29. The molecule has 0 aromatic carbocycles. The van der Waals surface area contributed by atoms with E-state index in [4.69, 9.17) is 15.3 Å². The maximum absolute atomic E-state index is 5.26. The Balaban J connectivity index is 2.92. The summed E-state index contributed by atoms with van der Waals surface area (Å²) in [4.78, 5) is 11.6. The van der Waals surface area contributed by atoms with Crippen LogP contribution < -0.4 is 20.7 Å². The van der Waals surface area contributed by atoms with Crippen molar-refractivity contribution in [2.75, 3.05) is 12.5 Å². The van der Waals surface area contributed by atoms with Gasteiger partial charge in [0.15, 0.2) is 0 Å². The molecular formula is C7H13N5O2. The van der Waals surface area contributed by atoms with Crippen molar-refractivity contribution in [1.29, 1.82) is 0 Å². The highest BCUT2D eigenvalue weighted by Crippen LogP contribution is 2.12. The molecule has 3 N–H and O–H groups in total. The standard InChI is InChI=1S/C7H13N5O2/c1-4(2)14-7-10-5(12-8)9-6(11-7)13-3/h4H,8H2,1-3H3,(H,9,10,11,12). The number of anilines is 1. The fourth-order valence-corrected chi connectivity index (χ4v) is 0.757. The first-order valence-corrected chi connectivity index (χ1v) is 4.09. The third kappa shape index (κ3) is 2.70. The van der Waals surface area contributed by atoms with Crippen LogP contribution in [0.3, 0.4) is 0 Å². The highest BCUT2D eigenvalue weighted by Gasteiger charge is 2.07. The molecular weight excluding hydrogens is 186 g/mol. The molecule has 0 aliphatic heterocycles. The van der Waals surface area contributed by atoms with Crippen molar-refractivity contribution in [1.82, 2.24) is 15.0 Å². The van der Waals surface area contributed by atoms with Crippen molar-refractivity contribution in [3.05, 3.63) is 0 Å². The van der Waals surface area contributed by atoms with E-state index in [-0.39, 0.29) is 24.1 Å².